The molecule has 1 saturated heterocycles. The number of hydrogen-bond donors (Lipinski definition) is 1. The van der Waals surface area contributed by atoms with Crippen molar-refractivity contribution >= 4 is 5.91 Å². The van der Waals surface area contributed by atoms with E-state index in [-0.39, 0.29) is 5.91 Å². The Morgan fingerprint density at radius 1 is 0.958 bits per heavy atom. The zero-order valence-electron chi connectivity index (χ0n) is 13.7. The highest BCUT2D eigenvalue weighted by Crippen LogP contribution is 2.14. The van der Waals surface area contributed by atoms with Crippen LogP contribution in [0, 0.1) is 11.3 Å². The zero-order chi connectivity index (χ0) is 16.8. The first-order chi connectivity index (χ1) is 11.7. The molecule has 0 aliphatic carbocycles. The lowest BCUT2D eigenvalue weighted by molar-refractivity contribution is -0.128. The highest BCUT2D eigenvalue weighted by molar-refractivity contribution is 5.78. The van der Waals surface area contributed by atoms with Crippen molar-refractivity contribution in [1.82, 2.24) is 10.2 Å². The van der Waals surface area contributed by atoms with E-state index < -0.39 is 0 Å². The first-order valence-corrected chi connectivity index (χ1v) is 8.30. The summed E-state index contributed by atoms with van der Waals surface area (Å²) in [7, 11) is 0. The molecule has 0 spiro atoms. The molecule has 0 atom stereocenters. The number of benzene rings is 2. The molecule has 3 rings (SSSR count). The second-order valence-corrected chi connectivity index (χ2v) is 6.15. The summed E-state index contributed by atoms with van der Waals surface area (Å²) in [5, 5.41) is 12.2. The smallest absolute Gasteiger partial charge is 0.222 e. The van der Waals surface area contributed by atoms with Crippen molar-refractivity contribution in [2.75, 3.05) is 6.54 Å². The van der Waals surface area contributed by atoms with Crippen LogP contribution in [0.15, 0.2) is 48.5 Å². The molecule has 2 aromatic rings. The monoisotopic (exact) mass is 319 g/mol. The van der Waals surface area contributed by atoms with Gasteiger partial charge in [0.2, 0.25) is 5.91 Å². The molecule has 122 valence electrons. The third-order valence-electron chi connectivity index (χ3n) is 4.31. The summed E-state index contributed by atoms with van der Waals surface area (Å²) in [6.07, 6.45) is 1.67. The van der Waals surface area contributed by atoms with Gasteiger partial charge in [-0.05, 0) is 35.2 Å². The summed E-state index contributed by atoms with van der Waals surface area (Å²) in [6, 6.07) is 18.2. The van der Waals surface area contributed by atoms with Crippen LogP contribution in [0.3, 0.4) is 0 Å². The van der Waals surface area contributed by atoms with Gasteiger partial charge in [-0.25, -0.2) is 0 Å². The van der Waals surface area contributed by atoms with E-state index in [1.165, 1.54) is 11.1 Å². The Balaban J connectivity index is 1.47. The van der Waals surface area contributed by atoms with Gasteiger partial charge in [0.25, 0.3) is 0 Å². The number of carbonyl (C=O) groups is 1. The SMILES string of the molecule is N#Cc1ccc(CNCc2ccc(CN3CCCC3=O)cc2)cc1. The molecule has 0 saturated carbocycles. The molecule has 1 aliphatic rings. The average molecular weight is 319 g/mol. The minimum atomic E-state index is 0.267. The number of hydrogen-bond acceptors (Lipinski definition) is 3. The van der Waals surface area contributed by atoms with Crippen molar-refractivity contribution < 1.29 is 4.79 Å². The molecule has 0 unspecified atom stereocenters. The lowest BCUT2D eigenvalue weighted by atomic mass is 10.1. The predicted octanol–water partition coefficient (Wildman–Crippen LogP) is 2.97. The third-order valence-corrected chi connectivity index (χ3v) is 4.31. The van der Waals surface area contributed by atoms with Gasteiger partial charge in [0, 0.05) is 32.6 Å². The van der Waals surface area contributed by atoms with E-state index in [4.69, 9.17) is 5.26 Å². The van der Waals surface area contributed by atoms with Crippen LogP contribution >= 0.6 is 0 Å². The minimum absolute atomic E-state index is 0.267. The molecule has 1 N–H and O–H groups in total. The lowest BCUT2D eigenvalue weighted by Crippen LogP contribution is -2.23. The van der Waals surface area contributed by atoms with E-state index >= 15 is 0 Å². The number of nitriles is 1. The number of amides is 1. The number of nitrogens with zero attached hydrogens (tertiary/aromatic N) is 2. The molecule has 4 heteroatoms. The largest absolute Gasteiger partial charge is 0.338 e. The standard InChI is InChI=1S/C20H21N3O/c21-12-16-3-5-17(6-4-16)13-22-14-18-7-9-19(10-8-18)15-23-11-1-2-20(23)24/h3-10,22H,1-2,11,13-15H2. The third kappa shape index (κ3) is 4.21. The maximum atomic E-state index is 11.7. The summed E-state index contributed by atoms with van der Waals surface area (Å²) in [5.41, 5.74) is 4.25. The molecular weight excluding hydrogens is 298 g/mol. The normalized spacial score (nSPS) is 14.0. The number of rotatable bonds is 6. The van der Waals surface area contributed by atoms with E-state index in [9.17, 15) is 4.79 Å². The van der Waals surface area contributed by atoms with E-state index in [0.29, 0.717) is 12.0 Å². The van der Waals surface area contributed by atoms with E-state index in [0.717, 1.165) is 38.2 Å². The fourth-order valence-corrected chi connectivity index (χ4v) is 2.90. The maximum Gasteiger partial charge on any atom is 0.222 e. The van der Waals surface area contributed by atoms with Crippen molar-refractivity contribution in [1.29, 1.82) is 5.26 Å². The first-order valence-electron chi connectivity index (χ1n) is 8.30. The van der Waals surface area contributed by atoms with Gasteiger partial charge in [0.15, 0.2) is 0 Å². The average Bonchev–Trinajstić information content (AvgIpc) is 3.02. The van der Waals surface area contributed by atoms with Crippen molar-refractivity contribution in [3.05, 3.63) is 70.8 Å². The molecule has 1 amide bonds. The highest BCUT2D eigenvalue weighted by Gasteiger charge is 2.19. The first kappa shape index (κ1) is 16.2. The van der Waals surface area contributed by atoms with Crippen LogP contribution in [0.2, 0.25) is 0 Å². The highest BCUT2D eigenvalue weighted by atomic mass is 16.2. The summed E-state index contributed by atoms with van der Waals surface area (Å²) < 4.78 is 0. The Morgan fingerprint density at radius 3 is 2.08 bits per heavy atom. The van der Waals surface area contributed by atoms with Gasteiger partial charge in [-0.3, -0.25) is 4.79 Å². The quantitative estimate of drug-likeness (QED) is 0.890. The van der Waals surface area contributed by atoms with Crippen molar-refractivity contribution in [2.24, 2.45) is 0 Å². The summed E-state index contributed by atoms with van der Waals surface area (Å²) >= 11 is 0. The van der Waals surface area contributed by atoms with Crippen LogP contribution < -0.4 is 5.32 Å². The van der Waals surface area contributed by atoms with E-state index in [1.54, 1.807) is 0 Å². The molecular formula is C20H21N3O. The minimum Gasteiger partial charge on any atom is -0.338 e. The molecule has 2 aromatic carbocycles. The Hall–Kier alpha value is -2.64. The van der Waals surface area contributed by atoms with Crippen LogP contribution in [0.1, 0.15) is 35.1 Å². The van der Waals surface area contributed by atoms with E-state index in [1.807, 2.05) is 29.2 Å². The predicted molar refractivity (Wildman–Crippen MR) is 92.8 cm³/mol. The second-order valence-electron chi connectivity index (χ2n) is 6.15. The van der Waals surface area contributed by atoms with Gasteiger partial charge in [-0.15, -0.1) is 0 Å². The topological polar surface area (TPSA) is 56.1 Å². The maximum absolute atomic E-state index is 11.7. The van der Waals surface area contributed by atoms with Crippen molar-refractivity contribution in [2.45, 2.75) is 32.5 Å². The van der Waals surface area contributed by atoms with Gasteiger partial charge in [0.05, 0.1) is 11.6 Å². The Morgan fingerprint density at radius 2 is 1.54 bits per heavy atom. The Bertz CT molecular complexity index is 729. The number of carbonyl (C=O) groups excluding carboxylic acids is 1. The molecule has 0 aromatic heterocycles. The zero-order valence-corrected chi connectivity index (χ0v) is 13.7. The van der Waals surface area contributed by atoms with Gasteiger partial charge in [-0.2, -0.15) is 5.26 Å². The van der Waals surface area contributed by atoms with Crippen molar-refractivity contribution in [3.63, 3.8) is 0 Å². The summed E-state index contributed by atoms with van der Waals surface area (Å²) in [5.74, 6) is 0.267. The molecule has 0 bridgehead atoms. The Labute approximate surface area is 142 Å². The summed E-state index contributed by atoms with van der Waals surface area (Å²) in [6.45, 7) is 3.17. The molecule has 4 nitrogen and oxygen atoms in total. The molecule has 0 radical (unpaired) electrons. The lowest BCUT2D eigenvalue weighted by Gasteiger charge is -2.15. The van der Waals surface area contributed by atoms with Gasteiger partial charge in [0.1, 0.15) is 0 Å². The summed E-state index contributed by atoms with van der Waals surface area (Å²) in [4.78, 5) is 13.6. The van der Waals surface area contributed by atoms with E-state index in [2.05, 4.69) is 35.7 Å². The number of likely N-dealkylation sites (tertiary alicyclic amines) is 1. The Kier molecular flexibility index (Phi) is 5.25. The van der Waals surface area contributed by atoms with Crippen LogP contribution in [-0.4, -0.2) is 17.4 Å². The fourth-order valence-electron chi connectivity index (χ4n) is 2.90. The molecule has 1 heterocycles. The second kappa shape index (κ2) is 7.76. The van der Waals surface area contributed by atoms with Crippen LogP contribution in [-0.2, 0) is 24.4 Å². The molecule has 24 heavy (non-hydrogen) atoms. The van der Waals surface area contributed by atoms with Crippen molar-refractivity contribution in [3.8, 4) is 6.07 Å². The molecule has 1 fully saturated rings. The van der Waals surface area contributed by atoms with Gasteiger partial charge in [-0.1, -0.05) is 36.4 Å². The number of nitrogens with one attached hydrogen (secondary N) is 1. The van der Waals surface area contributed by atoms with Crippen LogP contribution in [0.25, 0.3) is 0 Å². The van der Waals surface area contributed by atoms with Crippen LogP contribution in [0.5, 0.6) is 0 Å². The fraction of sp³-hybridized carbons (Fsp3) is 0.300. The van der Waals surface area contributed by atoms with Gasteiger partial charge >= 0.3 is 0 Å². The van der Waals surface area contributed by atoms with Gasteiger partial charge < -0.3 is 10.2 Å². The van der Waals surface area contributed by atoms with Crippen LogP contribution in [0.4, 0.5) is 0 Å². The molecule has 1 aliphatic heterocycles.